The summed E-state index contributed by atoms with van der Waals surface area (Å²) in [7, 11) is 2.25. The van der Waals surface area contributed by atoms with E-state index in [0.29, 0.717) is 0 Å². The molecule has 2 aliphatic rings. The van der Waals surface area contributed by atoms with Gasteiger partial charge in [-0.05, 0) is 49.6 Å². The smallest absolute Gasteiger partial charge is 0.0367 e. The van der Waals surface area contributed by atoms with Gasteiger partial charge in [0.1, 0.15) is 0 Å². The Bertz CT molecular complexity index is 369. The third-order valence-corrected chi connectivity index (χ3v) is 4.02. The normalized spacial score (nSPS) is 29.4. The molecule has 0 aromatic heterocycles. The summed E-state index contributed by atoms with van der Waals surface area (Å²) >= 11 is 0. The molecule has 3 nitrogen and oxygen atoms in total. The van der Waals surface area contributed by atoms with Crippen molar-refractivity contribution in [1.82, 2.24) is 4.90 Å². The summed E-state index contributed by atoms with van der Waals surface area (Å²) in [4.78, 5) is 5.02. The number of hydrogen-bond donors (Lipinski definition) is 1. The van der Waals surface area contributed by atoms with Gasteiger partial charge in [0.25, 0.3) is 0 Å². The maximum Gasteiger partial charge on any atom is 0.0367 e. The van der Waals surface area contributed by atoms with Crippen molar-refractivity contribution in [2.45, 2.75) is 6.42 Å². The lowest BCUT2D eigenvalue weighted by atomic mass is 9.85. The van der Waals surface area contributed by atoms with Crippen LogP contribution < -0.4 is 10.6 Å². The molecule has 2 aliphatic heterocycles. The Morgan fingerprint density at radius 3 is 2.18 bits per heavy atom. The summed E-state index contributed by atoms with van der Waals surface area (Å²) in [6.07, 6.45) is 1.41. The minimum Gasteiger partial charge on any atom is -0.399 e. The number of anilines is 2. The first-order valence-corrected chi connectivity index (χ1v) is 6.50. The average Bonchev–Trinajstić information content (AvgIpc) is 2.28. The molecule has 2 bridgehead atoms. The van der Waals surface area contributed by atoms with Crippen molar-refractivity contribution in [3.05, 3.63) is 24.3 Å². The van der Waals surface area contributed by atoms with Gasteiger partial charge < -0.3 is 15.5 Å². The molecule has 2 unspecified atom stereocenters. The van der Waals surface area contributed by atoms with Gasteiger partial charge in [-0.1, -0.05) is 0 Å². The summed E-state index contributed by atoms with van der Waals surface area (Å²) in [5.41, 5.74) is 7.93. The van der Waals surface area contributed by atoms with Crippen molar-refractivity contribution < 1.29 is 0 Å². The molecule has 3 heteroatoms. The zero-order valence-corrected chi connectivity index (χ0v) is 10.5. The van der Waals surface area contributed by atoms with Crippen LogP contribution in [0.1, 0.15) is 6.42 Å². The standard InChI is InChI=1S/C14H21N3/c1-16-7-11-6-12(8-16)10-17(9-11)14-4-2-13(15)3-5-14/h2-5,11-12H,6-10,15H2,1H3. The molecule has 2 atom stereocenters. The van der Waals surface area contributed by atoms with Crippen LogP contribution in [0.4, 0.5) is 11.4 Å². The van der Waals surface area contributed by atoms with Gasteiger partial charge in [-0.25, -0.2) is 0 Å². The second-order valence-corrected chi connectivity index (χ2v) is 5.69. The highest BCUT2D eigenvalue weighted by Crippen LogP contribution is 2.31. The lowest BCUT2D eigenvalue weighted by Crippen LogP contribution is -2.51. The Hall–Kier alpha value is -1.22. The molecule has 0 radical (unpaired) electrons. The number of nitrogens with two attached hydrogens (primary N) is 1. The average molecular weight is 231 g/mol. The van der Waals surface area contributed by atoms with E-state index in [1.807, 2.05) is 12.1 Å². The Balaban J connectivity index is 1.75. The topological polar surface area (TPSA) is 32.5 Å². The summed E-state index contributed by atoms with van der Waals surface area (Å²) in [5, 5.41) is 0. The van der Waals surface area contributed by atoms with Gasteiger partial charge in [0, 0.05) is 37.6 Å². The zero-order chi connectivity index (χ0) is 11.8. The van der Waals surface area contributed by atoms with Gasteiger partial charge in [0.15, 0.2) is 0 Å². The minimum atomic E-state index is 0.838. The molecule has 1 aromatic carbocycles. The summed E-state index contributed by atoms with van der Waals surface area (Å²) in [6, 6.07) is 8.32. The summed E-state index contributed by atoms with van der Waals surface area (Å²) < 4.78 is 0. The van der Waals surface area contributed by atoms with E-state index in [2.05, 4.69) is 29.0 Å². The summed E-state index contributed by atoms with van der Waals surface area (Å²) in [5.74, 6) is 1.68. The van der Waals surface area contributed by atoms with E-state index in [1.165, 1.54) is 38.3 Å². The molecule has 2 saturated heterocycles. The van der Waals surface area contributed by atoms with Crippen LogP contribution in [-0.2, 0) is 0 Å². The van der Waals surface area contributed by atoms with Crippen LogP contribution in [0.2, 0.25) is 0 Å². The number of nitrogen functional groups attached to an aromatic ring is 1. The highest BCUT2D eigenvalue weighted by atomic mass is 15.2. The van der Waals surface area contributed by atoms with Crippen LogP contribution in [0, 0.1) is 11.8 Å². The molecule has 2 fully saturated rings. The van der Waals surface area contributed by atoms with Crippen molar-refractivity contribution in [2.75, 3.05) is 43.9 Å². The van der Waals surface area contributed by atoms with E-state index in [4.69, 9.17) is 5.73 Å². The predicted molar refractivity (Wildman–Crippen MR) is 72.2 cm³/mol. The quantitative estimate of drug-likeness (QED) is 0.746. The molecule has 1 aromatic rings. The van der Waals surface area contributed by atoms with Gasteiger partial charge in [-0.3, -0.25) is 0 Å². The molecule has 0 amide bonds. The van der Waals surface area contributed by atoms with Crippen LogP contribution in [0.15, 0.2) is 24.3 Å². The number of fused-ring (bicyclic) bond motifs is 2. The first-order valence-electron chi connectivity index (χ1n) is 6.50. The number of piperidine rings is 2. The fourth-order valence-corrected chi connectivity index (χ4v) is 3.43. The Morgan fingerprint density at radius 1 is 1.00 bits per heavy atom. The van der Waals surface area contributed by atoms with Crippen LogP contribution >= 0.6 is 0 Å². The van der Waals surface area contributed by atoms with E-state index in [0.717, 1.165) is 17.5 Å². The van der Waals surface area contributed by atoms with Crippen LogP contribution in [0.5, 0.6) is 0 Å². The van der Waals surface area contributed by atoms with Crippen molar-refractivity contribution >= 4 is 11.4 Å². The first-order chi connectivity index (χ1) is 8.20. The molecule has 2 N–H and O–H groups in total. The van der Waals surface area contributed by atoms with Gasteiger partial charge in [0.2, 0.25) is 0 Å². The molecular formula is C14H21N3. The number of likely N-dealkylation sites (tertiary alicyclic amines) is 1. The number of hydrogen-bond acceptors (Lipinski definition) is 3. The monoisotopic (exact) mass is 231 g/mol. The highest BCUT2D eigenvalue weighted by Gasteiger charge is 2.32. The molecular weight excluding hydrogens is 210 g/mol. The molecule has 0 spiro atoms. The molecule has 0 saturated carbocycles. The lowest BCUT2D eigenvalue weighted by molar-refractivity contribution is 0.133. The van der Waals surface area contributed by atoms with Crippen LogP contribution in [-0.4, -0.2) is 38.1 Å². The Morgan fingerprint density at radius 2 is 1.59 bits per heavy atom. The number of rotatable bonds is 1. The maximum atomic E-state index is 5.74. The van der Waals surface area contributed by atoms with E-state index in [-0.39, 0.29) is 0 Å². The van der Waals surface area contributed by atoms with E-state index in [9.17, 15) is 0 Å². The largest absolute Gasteiger partial charge is 0.399 e. The first kappa shape index (κ1) is 10.9. The van der Waals surface area contributed by atoms with Crippen molar-refractivity contribution in [2.24, 2.45) is 11.8 Å². The van der Waals surface area contributed by atoms with Crippen molar-refractivity contribution in [3.8, 4) is 0 Å². The molecule has 3 rings (SSSR count). The molecule has 92 valence electrons. The Kier molecular flexibility index (Phi) is 2.71. The fraction of sp³-hybridized carbons (Fsp3) is 0.571. The second-order valence-electron chi connectivity index (χ2n) is 5.69. The SMILES string of the molecule is CN1CC2CC(C1)CN(c1ccc(N)cc1)C2. The number of benzene rings is 1. The van der Waals surface area contributed by atoms with Gasteiger partial charge >= 0.3 is 0 Å². The van der Waals surface area contributed by atoms with Crippen LogP contribution in [0.25, 0.3) is 0 Å². The molecule has 0 aliphatic carbocycles. The van der Waals surface area contributed by atoms with Gasteiger partial charge in [-0.15, -0.1) is 0 Å². The van der Waals surface area contributed by atoms with E-state index in [1.54, 1.807) is 0 Å². The zero-order valence-electron chi connectivity index (χ0n) is 10.5. The Labute approximate surface area is 103 Å². The third-order valence-electron chi connectivity index (χ3n) is 4.02. The maximum absolute atomic E-state index is 5.74. The second kappa shape index (κ2) is 4.22. The molecule has 2 heterocycles. The van der Waals surface area contributed by atoms with Gasteiger partial charge in [0.05, 0.1) is 0 Å². The van der Waals surface area contributed by atoms with Crippen molar-refractivity contribution in [3.63, 3.8) is 0 Å². The fourth-order valence-electron chi connectivity index (χ4n) is 3.43. The lowest BCUT2D eigenvalue weighted by Gasteiger charge is -2.45. The summed E-state index contributed by atoms with van der Waals surface area (Å²) in [6.45, 7) is 4.90. The van der Waals surface area contributed by atoms with E-state index < -0.39 is 0 Å². The van der Waals surface area contributed by atoms with Crippen molar-refractivity contribution in [1.29, 1.82) is 0 Å². The molecule has 17 heavy (non-hydrogen) atoms. The number of nitrogens with zero attached hydrogens (tertiary/aromatic N) is 2. The predicted octanol–water partition coefficient (Wildman–Crippen LogP) is 1.66. The van der Waals surface area contributed by atoms with Crippen LogP contribution in [0.3, 0.4) is 0 Å². The highest BCUT2D eigenvalue weighted by molar-refractivity contribution is 5.53. The third kappa shape index (κ3) is 2.25. The van der Waals surface area contributed by atoms with Gasteiger partial charge in [-0.2, -0.15) is 0 Å². The van der Waals surface area contributed by atoms with E-state index >= 15 is 0 Å². The minimum absolute atomic E-state index is 0.838.